The Hall–Kier alpha value is -1.65. The van der Waals surface area contributed by atoms with Gasteiger partial charge in [0.2, 0.25) is 0 Å². The zero-order valence-corrected chi connectivity index (χ0v) is 13.3. The van der Waals surface area contributed by atoms with Gasteiger partial charge in [-0.2, -0.15) is 0 Å². The van der Waals surface area contributed by atoms with Gasteiger partial charge in [0.05, 0.1) is 6.54 Å². The van der Waals surface area contributed by atoms with Crippen LogP contribution in [0.2, 0.25) is 0 Å². The van der Waals surface area contributed by atoms with Crippen LogP contribution in [0.3, 0.4) is 0 Å². The number of aliphatic hydroxyl groups excluding tert-OH is 1. The Morgan fingerprint density at radius 1 is 1.32 bits per heavy atom. The van der Waals surface area contributed by atoms with Gasteiger partial charge in [0, 0.05) is 24.3 Å². The summed E-state index contributed by atoms with van der Waals surface area (Å²) in [6, 6.07) is 10.8. The molecule has 0 saturated carbocycles. The van der Waals surface area contributed by atoms with Gasteiger partial charge in [0.15, 0.2) is 5.76 Å². The van der Waals surface area contributed by atoms with E-state index in [9.17, 15) is 5.11 Å². The van der Waals surface area contributed by atoms with E-state index in [2.05, 4.69) is 48.2 Å². The third-order valence-electron chi connectivity index (χ3n) is 4.65. The molecule has 4 heteroatoms. The number of benzene rings is 1. The second kappa shape index (κ2) is 6.63. The molecule has 22 heavy (non-hydrogen) atoms. The summed E-state index contributed by atoms with van der Waals surface area (Å²) in [6.45, 7) is 6.40. The molecule has 2 aromatic rings. The predicted octanol–water partition coefficient (Wildman–Crippen LogP) is 3.24. The van der Waals surface area contributed by atoms with Crippen molar-refractivity contribution in [1.29, 1.82) is 0 Å². The first kappa shape index (κ1) is 15.3. The molecule has 0 unspecified atom stereocenters. The lowest BCUT2D eigenvalue weighted by atomic mass is 9.92. The largest absolute Gasteiger partial charge is 0.396 e. The minimum Gasteiger partial charge on any atom is -0.396 e. The summed E-state index contributed by atoms with van der Waals surface area (Å²) >= 11 is 0. The second-order valence-electron chi connectivity index (χ2n) is 6.44. The van der Waals surface area contributed by atoms with E-state index in [1.165, 1.54) is 5.56 Å². The second-order valence-corrected chi connectivity index (χ2v) is 6.44. The summed E-state index contributed by atoms with van der Waals surface area (Å²) in [4.78, 5) is 2.41. The van der Waals surface area contributed by atoms with Gasteiger partial charge in [-0.3, -0.25) is 4.90 Å². The van der Waals surface area contributed by atoms with Crippen LogP contribution in [-0.2, 0) is 6.54 Å². The van der Waals surface area contributed by atoms with Crippen molar-refractivity contribution in [3.63, 3.8) is 0 Å². The number of likely N-dealkylation sites (tertiary alicyclic amines) is 1. The predicted molar refractivity (Wildman–Crippen MR) is 86.4 cm³/mol. The topological polar surface area (TPSA) is 49.5 Å². The Labute approximate surface area is 131 Å². The van der Waals surface area contributed by atoms with Gasteiger partial charge in [0.25, 0.3) is 0 Å². The van der Waals surface area contributed by atoms with E-state index in [0.717, 1.165) is 42.9 Å². The summed E-state index contributed by atoms with van der Waals surface area (Å²) in [5.74, 6) is 1.36. The van der Waals surface area contributed by atoms with E-state index >= 15 is 0 Å². The third-order valence-corrected chi connectivity index (χ3v) is 4.65. The molecule has 118 valence electrons. The summed E-state index contributed by atoms with van der Waals surface area (Å²) in [7, 11) is 0. The number of piperidine rings is 1. The van der Waals surface area contributed by atoms with Crippen LogP contribution in [0.15, 0.2) is 34.9 Å². The molecule has 0 bridgehead atoms. The Morgan fingerprint density at radius 2 is 2.09 bits per heavy atom. The van der Waals surface area contributed by atoms with Gasteiger partial charge in [-0.1, -0.05) is 35.0 Å². The lowest BCUT2D eigenvalue weighted by Crippen LogP contribution is -2.40. The van der Waals surface area contributed by atoms with Crippen LogP contribution < -0.4 is 0 Å². The first-order chi connectivity index (χ1) is 10.7. The molecular formula is C18H24N2O2. The van der Waals surface area contributed by atoms with Gasteiger partial charge in [-0.15, -0.1) is 0 Å². The average molecular weight is 300 g/mol. The Balaban J connectivity index is 1.66. The fraction of sp³-hybridized carbons (Fsp3) is 0.500. The highest BCUT2D eigenvalue weighted by Crippen LogP contribution is 2.25. The highest BCUT2D eigenvalue weighted by molar-refractivity contribution is 5.59. The Morgan fingerprint density at radius 3 is 2.77 bits per heavy atom. The SMILES string of the molecule is Cc1ccc(-c2cc(CN3CC[C@H](CO)C[C@@H]3C)on2)cc1. The number of rotatable bonds is 4. The number of aryl methyl sites for hydroxylation is 1. The first-order valence-electron chi connectivity index (χ1n) is 8.03. The third kappa shape index (κ3) is 3.39. The van der Waals surface area contributed by atoms with E-state index in [4.69, 9.17) is 4.52 Å². The van der Waals surface area contributed by atoms with Crippen molar-refractivity contribution in [3.05, 3.63) is 41.7 Å². The highest BCUT2D eigenvalue weighted by Gasteiger charge is 2.25. The van der Waals surface area contributed by atoms with Crippen molar-refractivity contribution >= 4 is 0 Å². The maximum absolute atomic E-state index is 9.29. The number of nitrogens with zero attached hydrogens (tertiary/aromatic N) is 2. The monoisotopic (exact) mass is 300 g/mol. The number of aliphatic hydroxyl groups is 1. The molecule has 1 aliphatic rings. The van der Waals surface area contributed by atoms with Crippen molar-refractivity contribution in [2.45, 2.75) is 39.3 Å². The standard InChI is InChI=1S/C18H24N2O2/c1-13-3-5-16(6-4-13)18-10-17(22-19-18)11-20-8-7-15(12-21)9-14(20)2/h3-6,10,14-15,21H,7-9,11-12H2,1-2H3/t14-,15-/m0/s1. The lowest BCUT2D eigenvalue weighted by Gasteiger charge is -2.36. The van der Waals surface area contributed by atoms with Crippen LogP contribution in [0.5, 0.6) is 0 Å². The van der Waals surface area contributed by atoms with Crippen molar-refractivity contribution in [2.24, 2.45) is 5.92 Å². The lowest BCUT2D eigenvalue weighted by molar-refractivity contribution is 0.0771. The summed E-state index contributed by atoms with van der Waals surface area (Å²) < 4.78 is 5.51. The molecule has 0 amide bonds. The fourth-order valence-corrected chi connectivity index (χ4v) is 3.17. The maximum Gasteiger partial charge on any atom is 0.151 e. The van der Waals surface area contributed by atoms with Crippen LogP contribution in [0.1, 0.15) is 31.1 Å². The van der Waals surface area contributed by atoms with Crippen molar-refractivity contribution < 1.29 is 9.63 Å². The summed E-state index contributed by atoms with van der Waals surface area (Å²) in [5, 5.41) is 13.5. The molecule has 0 aliphatic carbocycles. The molecule has 1 N–H and O–H groups in total. The van der Waals surface area contributed by atoms with Crippen LogP contribution >= 0.6 is 0 Å². The van der Waals surface area contributed by atoms with Gasteiger partial charge in [-0.25, -0.2) is 0 Å². The van der Waals surface area contributed by atoms with Gasteiger partial charge in [-0.05, 0) is 39.2 Å². The summed E-state index contributed by atoms with van der Waals surface area (Å²) in [5.41, 5.74) is 3.23. The van der Waals surface area contributed by atoms with Gasteiger partial charge < -0.3 is 9.63 Å². The molecule has 1 fully saturated rings. The van der Waals surface area contributed by atoms with Crippen LogP contribution in [0.4, 0.5) is 0 Å². The molecule has 1 saturated heterocycles. The molecule has 4 nitrogen and oxygen atoms in total. The smallest absolute Gasteiger partial charge is 0.151 e. The molecule has 0 radical (unpaired) electrons. The van der Waals surface area contributed by atoms with Crippen LogP contribution in [0, 0.1) is 12.8 Å². The van der Waals surface area contributed by atoms with Gasteiger partial charge >= 0.3 is 0 Å². The molecule has 2 atom stereocenters. The quantitative estimate of drug-likeness (QED) is 0.941. The summed E-state index contributed by atoms with van der Waals surface area (Å²) in [6.07, 6.45) is 2.11. The number of aromatic nitrogens is 1. The highest BCUT2D eigenvalue weighted by atomic mass is 16.5. The van der Waals surface area contributed by atoms with Crippen LogP contribution in [0.25, 0.3) is 11.3 Å². The van der Waals surface area contributed by atoms with Crippen molar-refractivity contribution in [2.75, 3.05) is 13.2 Å². The van der Waals surface area contributed by atoms with Crippen molar-refractivity contribution in [3.8, 4) is 11.3 Å². The molecule has 1 aliphatic heterocycles. The molecule has 1 aromatic carbocycles. The number of hydrogen-bond acceptors (Lipinski definition) is 4. The molecule has 1 aromatic heterocycles. The molecular weight excluding hydrogens is 276 g/mol. The molecule has 3 rings (SSSR count). The Bertz CT molecular complexity index is 606. The number of hydrogen-bond donors (Lipinski definition) is 1. The maximum atomic E-state index is 9.29. The Kier molecular flexibility index (Phi) is 4.60. The zero-order valence-electron chi connectivity index (χ0n) is 13.3. The van der Waals surface area contributed by atoms with E-state index in [-0.39, 0.29) is 0 Å². The van der Waals surface area contributed by atoms with E-state index in [1.807, 2.05) is 6.07 Å². The van der Waals surface area contributed by atoms with Gasteiger partial charge in [0.1, 0.15) is 5.69 Å². The van der Waals surface area contributed by atoms with E-state index in [0.29, 0.717) is 18.6 Å². The molecule has 2 heterocycles. The van der Waals surface area contributed by atoms with E-state index in [1.54, 1.807) is 0 Å². The minimum absolute atomic E-state index is 0.304. The van der Waals surface area contributed by atoms with Crippen LogP contribution in [-0.4, -0.2) is 34.4 Å². The van der Waals surface area contributed by atoms with E-state index < -0.39 is 0 Å². The zero-order chi connectivity index (χ0) is 15.5. The first-order valence-corrected chi connectivity index (χ1v) is 8.03. The minimum atomic E-state index is 0.304. The fourth-order valence-electron chi connectivity index (χ4n) is 3.17. The average Bonchev–Trinajstić information content (AvgIpc) is 2.98. The molecule has 0 spiro atoms. The van der Waals surface area contributed by atoms with Crippen molar-refractivity contribution in [1.82, 2.24) is 10.1 Å². The normalized spacial score (nSPS) is 22.9.